The zero-order valence-electron chi connectivity index (χ0n) is 14.6. The van der Waals surface area contributed by atoms with E-state index in [2.05, 4.69) is 12.2 Å². The Balaban J connectivity index is 2.05. The van der Waals surface area contributed by atoms with Gasteiger partial charge in [0.05, 0.1) is 18.0 Å². The van der Waals surface area contributed by atoms with Crippen LogP contribution in [0.25, 0.3) is 0 Å². The number of imide groups is 1. The first-order valence-electron chi connectivity index (χ1n) is 8.54. The second kappa shape index (κ2) is 7.16. The van der Waals surface area contributed by atoms with Crippen molar-refractivity contribution in [2.75, 3.05) is 0 Å². The molecule has 4 nitrogen and oxygen atoms in total. The van der Waals surface area contributed by atoms with Crippen molar-refractivity contribution < 1.29 is 9.59 Å². The Morgan fingerprint density at radius 1 is 1.17 bits per heavy atom. The van der Waals surface area contributed by atoms with E-state index in [1.807, 2.05) is 45.0 Å². The summed E-state index contributed by atoms with van der Waals surface area (Å²) in [4.78, 5) is 26.0. The number of aryl methyl sites for hydroxylation is 1. The molecule has 1 aliphatic heterocycles. The number of nitrogens with zero attached hydrogens (tertiary/aromatic N) is 1. The van der Waals surface area contributed by atoms with Crippen LogP contribution in [0.5, 0.6) is 0 Å². The molecule has 1 radical (unpaired) electrons. The first-order chi connectivity index (χ1) is 11.0. The number of urea groups is 1. The van der Waals surface area contributed by atoms with Gasteiger partial charge < -0.3 is 5.32 Å². The molecule has 1 unspecified atom stereocenters. The van der Waals surface area contributed by atoms with E-state index in [4.69, 9.17) is 0 Å². The number of hydrogen-bond donors (Lipinski definition) is 1. The van der Waals surface area contributed by atoms with Crippen LogP contribution in [0.2, 0.25) is 0 Å². The van der Waals surface area contributed by atoms with E-state index in [9.17, 15) is 9.59 Å². The summed E-state index contributed by atoms with van der Waals surface area (Å²) in [5.74, 6) is -0.0841. The van der Waals surface area contributed by atoms with Crippen molar-refractivity contribution in [3.63, 3.8) is 0 Å². The van der Waals surface area contributed by atoms with Gasteiger partial charge in [0, 0.05) is 0 Å². The Kier molecular flexibility index (Phi) is 5.45. The lowest BCUT2D eigenvalue weighted by Crippen LogP contribution is -2.61. The molecule has 0 spiro atoms. The number of β-lactam (4-membered cyclic amide) rings is 1. The van der Waals surface area contributed by atoms with Crippen molar-refractivity contribution in [2.45, 2.75) is 59.4 Å². The van der Waals surface area contributed by atoms with Crippen molar-refractivity contribution in [1.82, 2.24) is 10.2 Å². The molecule has 0 bridgehead atoms. The summed E-state index contributed by atoms with van der Waals surface area (Å²) in [6.07, 6.45) is 3.29. The molecule has 0 aliphatic carbocycles. The van der Waals surface area contributed by atoms with Gasteiger partial charge in [0.1, 0.15) is 0 Å². The van der Waals surface area contributed by atoms with Gasteiger partial charge in [-0.25, -0.2) is 4.79 Å². The van der Waals surface area contributed by atoms with Crippen molar-refractivity contribution >= 4 is 11.9 Å². The molecule has 0 saturated carbocycles. The summed E-state index contributed by atoms with van der Waals surface area (Å²) in [6, 6.07) is 7.80. The van der Waals surface area contributed by atoms with Crippen LogP contribution in [0.1, 0.15) is 63.6 Å². The minimum atomic E-state index is -0.443. The third-order valence-electron chi connectivity index (χ3n) is 4.86. The smallest absolute Gasteiger partial charge is 0.324 e. The Morgan fingerprint density at radius 2 is 1.78 bits per heavy atom. The maximum atomic E-state index is 12.4. The van der Waals surface area contributed by atoms with E-state index in [-0.39, 0.29) is 18.0 Å². The molecule has 23 heavy (non-hydrogen) atoms. The minimum absolute atomic E-state index is 0.0625. The summed E-state index contributed by atoms with van der Waals surface area (Å²) in [5, 5.41) is 3.01. The highest BCUT2D eigenvalue weighted by atomic mass is 16.2. The van der Waals surface area contributed by atoms with Gasteiger partial charge in [0.15, 0.2) is 0 Å². The van der Waals surface area contributed by atoms with Gasteiger partial charge in [-0.05, 0) is 31.7 Å². The Labute approximate surface area is 139 Å². The molecule has 1 heterocycles. The molecule has 1 aromatic carbocycles. The number of rotatable bonds is 6. The van der Waals surface area contributed by atoms with E-state index < -0.39 is 5.41 Å². The van der Waals surface area contributed by atoms with Crippen LogP contribution in [0.15, 0.2) is 24.3 Å². The third kappa shape index (κ3) is 3.41. The van der Waals surface area contributed by atoms with Crippen molar-refractivity contribution in [1.29, 1.82) is 0 Å². The molecule has 3 amide bonds. The molecule has 1 aromatic rings. The number of nitrogens with one attached hydrogen (secondary N) is 1. The standard InChI is InChI=1S/C19H27N2O2/c1-5-8-16(15-11-9-14(4)10-12-15)20-18(23)21-13-19(6-2,7-3)17(21)22/h9-13,16H,5-8H2,1-4H3,(H,20,23). The van der Waals surface area contributed by atoms with Crippen LogP contribution >= 0.6 is 0 Å². The highest BCUT2D eigenvalue weighted by Crippen LogP contribution is 2.42. The molecular formula is C19H27N2O2. The molecule has 1 fully saturated rings. The first kappa shape index (κ1) is 17.5. The first-order valence-corrected chi connectivity index (χ1v) is 8.54. The van der Waals surface area contributed by atoms with Gasteiger partial charge in [0.2, 0.25) is 5.91 Å². The molecular weight excluding hydrogens is 288 g/mol. The van der Waals surface area contributed by atoms with Crippen molar-refractivity contribution in [3.05, 3.63) is 41.9 Å². The topological polar surface area (TPSA) is 49.4 Å². The number of amides is 3. The predicted molar refractivity (Wildman–Crippen MR) is 91.5 cm³/mol. The van der Waals surface area contributed by atoms with Crippen LogP contribution in [0.4, 0.5) is 4.79 Å². The van der Waals surface area contributed by atoms with E-state index in [0.717, 1.165) is 31.2 Å². The summed E-state index contributed by atoms with van der Waals surface area (Å²) >= 11 is 0. The lowest BCUT2D eigenvalue weighted by atomic mass is 9.74. The zero-order valence-corrected chi connectivity index (χ0v) is 14.6. The van der Waals surface area contributed by atoms with Gasteiger partial charge >= 0.3 is 6.03 Å². The molecule has 4 heteroatoms. The van der Waals surface area contributed by atoms with Gasteiger partial charge in [-0.2, -0.15) is 0 Å². The number of benzene rings is 1. The van der Waals surface area contributed by atoms with E-state index in [0.29, 0.717) is 0 Å². The summed E-state index contributed by atoms with van der Waals surface area (Å²) < 4.78 is 0. The lowest BCUT2D eigenvalue weighted by molar-refractivity contribution is -0.148. The fraction of sp³-hybridized carbons (Fsp3) is 0.526. The van der Waals surface area contributed by atoms with Gasteiger partial charge in [-0.1, -0.05) is 57.0 Å². The number of likely N-dealkylation sites (tertiary alicyclic amines) is 1. The molecule has 1 N–H and O–H groups in total. The largest absolute Gasteiger partial charge is 0.331 e. The van der Waals surface area contributed by atoms with Gasteiger partial charge in [-0.15, -0.1) is 0 Å². The molecule has 1 atom stereocenters. The highest BCUT2D eigenvalue weighted by molar-refractivity contribution is 6.04. The van der Waals surface area contributed by atoms with Crippen LogP contribution in [-0.4, -0.2) is 16.8 Å². The van der Waals surface area contributed by atoms with E-state index >= 15 is 0 Å². The molecule has 2 rings (SSSR count). The van der Waals surface area contributed by atoms with Crippen molar-refractivity contribution in [3.8, 4) is 0 Å². The maximum Gasteiger partial charge on any atom is 0.324 e. The predicted octanol–water partition coefficient (Wildman–Crippen LogP) is 4.36. The average Bonchev–Trinajstić information content (AvgIpc) is 2.55. The summed E-state index contributed by atoms with van der Waals surface area (Å²) in [6.45, 7) is 9.88. The monoisotopic (exact) mass is 315 g/mol. The second-order valence-electron chi connectivity index (χ2n) is 6.37. The third-order valence-corrected chi connectivity index (χ3v) is 4.86. The molecule has 125 valence electrons. The van der Waals surface area contributed by atoms with Crippen LogP contribution < -0.4 is 5.32 Å². The number of carbonyl (C=O) groups is 2. The van der Waals surface area contributed by atoms with E-state index in [1.54, 1.807) is 6.54 Å². The Hall–Kier alpha value is -1.84. The fourth-order valence-electron chi connectivity index (χ4n) is 3.05. The zero-order chi connectivity index (χ0) is 17.0. The summed E-state index contributed by atoms with van der Waals surface area (Å²) in [7, 11) is 0. The van der Waals surface area contributed by atoms with Crippen molar-refractivity contribution in [2.24, 2.45) is 5.41 Å². The quantitative estimate of drug-likeness (QED) is 0.793. The Morgan fingerprint density at radius 3 is 2.26 bits per heavy atom. The lowest BCUT2D eigenvalue weighted by Gasteiger charge is -2.46. The average molecular weight is 315 g/mol. The summed E-state index contributed by atoms with van der Waals surface area (Å²) in [5.41, 5.74) is 1.83. The van der Waals surface area contributed by atoms with Crippen LogP contribution in [-0.2, 0) is 4.79 Å². The molecule has 1 aliphatic rings. The van der Waals surface area contributed by atoms with Gasteiger partial charge in [-0.3, -0.25) is 9.69 Å². The van der Waals surface area contributed by atoms with Gasteiger partial charge in [0.25, 0.3) is 0 Å². The van der Waals surface area contributed by atoms with Crippen LogP contribution in [0, 0.1) is 18.9 Å². The Bertz CT molecular complexity index is 561. The maximum absolute atomic E-state index is 12.4. The number of hydrogen-bond acceptors (Lipinski definition) is 2. The molecule has 0 aromatic heterocycles. The SMILES string of the molecule is CCCC(NC(=O)N1[CH]C(CC)(CC)C1=O)c1ccc(C)cc1. The number of carbonyl (C=O) groups excluding carboxylic acids is 2. The minimum Gasteiger partial charge on any atom is -0.331 e. The molecule has 1 saturated heterocycles. The normalized spacial score (nSPS) is 17.6. The highest BCUT2D eigenvalue weighted by Gasteiger charge is 2.52. The second-order valence-corrected chi connectivity index (χ2v) is 6.37. The van der Waals surface area contributed by atoms with E-state index in [1.165, 1.54) is 10.5 Å². The fourth-order valence-corrected chi connectivity index (χ4v) is 3.05. The van der Waals surface area contributed by atoms with Crippen LogP contribution in [0.3, 0.4) is 0 Å².